The molecular weight excluding hydrogens is 259 g/mol. The Labute approximate surface area is 108 Å². The Hall–Kier alpha value is -2.35. The maximum atomic E-state index is 13.4. The topological polar surface area (TPSA) is 108 Å². The minimum absolute atomic E-state index is 0.168. The van der Waals surface area contributed by atoms with Crippen LogP contribution in [0.3, 0.4) is 0 Å². The van der Waals surface area contributed by atoms with Crippen molar-refractivity contribution in [1.29, 1.82) is 0 Å². The molecular formula is C11H13FN2O5. The number of benzene rings is 1. The molecule has 0 heterocycles. The fourth-order valence-corrected chi connectivity index (χ4v) is 1.23. The first-order valence-corrected chi connectivity index (χ1v) is 5.22. The number of carbonyl (C=O) groups excluding carboxylic acids is 1. The van der Waals surface area contributed by atoms with Gasteiger partial charge in [0.2, 0.25) is 0 Å². The van der Waals surface area contributed by atoms with E-state index in [-0.39, 0.29) is 5.69 Å². The second kappa shape index (κ2) is 6.55. The molecule has 4 N–H and O–H groups in total. The predicted molar refractivity (Wildman–Crippen MR) is 63.6 cm³/mol. The summed E-state index contributed by atoms with van der Waals surface area (Å²) in [6, 6.07) is 1.28. The Morgan fingerprint density at radius 3 is 2.68 bits per heavy atom. The van der Waals surface area contributed by atoms with E-state index in [1.54, 1.807) is 0 Å². The minimum Gasteiger partial charge on any atom is -0.497 e. The summed E-state index contributed by atoms with van der Waals surface area (Å²) in [5, 5.41) is 21.5. The molecule has 104 valence electrons. The van der Waals surface area contributed by atoms with Gasteiger partial charge in [0.25, 0.3) is 0 Å². The highest BCUT2D eigenvalue weighted by molar-refractivity contribution is 5.92. The molecule has 8 heteroatoms. The van der Waals surface area contributed by atoms with E-state index in [0.29, 0.717) is 5.75 Å². The van der Waals surface area contributed by atoms with Crippen LogP contribution in [-0.4, -0.2) is 42.0 Å². The van der Waals surface area contributed by atoms with Crippen molar-refractivity contribution in [2.45, 2.75) is 6.04 Å². The van der Waals surface area contributed by atoms with E-state index in [4.69, 9.17) is 14.9 Å². The van der Waals surface area contributed by atoms with E-state index in [2.05, 4.69) is 5.32 Å². The predicted octanol–water partition coefficient (Wildman–Crippen LogP) is 0.401. The number of carboxylic acid groups (broad SMARTS) is 1. The van der Waals surface area contributed by atoms with E-state index in [9.17, 15) is 14.0 Å². The van der Waals surface area contributed by atoms with Gasteiger partial charge < -0.3 is 25.6 Å². The highest BCUT2D eigenvalue weighted by Crippen LogP contribution is 2.20. The SMILES string of the molecule is COc1ccc(F)c(NC(=O)N[C@@H](CO)C(=O)O)c1. The molecule has 1 atom stereocenters. The van der Waals surface area contributed by atoms with Crippen molar-refractivity contribution in [2.75, 3.05) is 19.0 Å². The molecule has 0 aliphatic rings. The summed E-state index contributed by atoms with van der Waals surface area (Å²) in [5.74, 6) is -1.77. The summed E-state index contributed by atoms with van der Waals surface area (Å²) in [4.78, 5) is 22.0. The van der Waals surface area contributed by atoms with Crippen molar-refractivity contribution in [3.63, 3.8) is 0 Å². The number of rotatable bonds is 5. The van der Waals surface area contributed by atoms with Crippen molar-refractivity contribution in [3.8, 4) is 5.75 Å². The Kier molecular flexibility index (Phi) is 5.07. The first kappa shape index (κ1) is 14.7. The highest BCUT2D eigenvalue weighted by atomic mass is 19.1. The summed E-state index contributed by atoms with van der Waals surface area (Å²) < 4.78 is 18.2. The highest BCUT2D eigenvalue weighted by Gasteiger charge is 2.19. The number of ether oxygens (including phenoxy) is 1. The second-order valence-electron chi connectivity index (χ2n) is 3.52. The first-order chi connectivity index (χ1) is 8.97. The zero-order valence-electron chi connectivity index (χ0n) is 10.0. The quantitative estimate of drug-likeness (QED) is 0.620. The van der Waals surface area contributed by atoms with Crippen molar-refractivity contribution in [2.24, 2.45) is 0 Å². The monoisotopic (exact) mass is 272 g/mol. The maximum Gasteiger partial charge on any atom is 0.328 e. The van der Waals surface area contributed by atoms with Crippen LogP contribution in [0.15, 0.2) is 18.2 Å². The number of carbonyl (C=O) groups is 2. The van der Waals surface area contributed by atoms with Crippen molar-refractivity contribution >= 4 is 17.7 Å². The molecule has 7 nitrogen and oxygen atoms in total. The summed E-state index contributed by atoms with van der Waals surface area (Å²) >= 11 is 0. The third kappa shape index (κ3) is 4.11. The van der Waals surface area contributed by atoms with Crippen LogP contribution in [0.1, 0.15) is 0 Å². The number of hydrogen-bond donors (Lipinski definition) is 4. The lowest BCUT2D eigenvalue weighted by Gasteiger charge is -2.13. The molecule has 0 spiro atoms. The van der Waals surface area contributed by atoms with Gasteiger partial charge in [0.15, 0.2) is 6.04 Å². The average molecular weight is 272 g/mol. The van der Waals surface area contributed by atoms with E-state index in [1.165, 1.54) is 19.2 Å². The molecule has 1 aromatic rings. The first-order valence-electron chi connectivity index (χ1n) is 5.22. The molecule has 0 radical (unpaired) electrons. The lowest BCUT2D eigenvalue weighted by Crippen LogP contribution is -2.45. The lowest BCUT2D eigenvalue weighted by molar-refractivity contribution is -0.140. The molecule has 19 heavy (non-hydrogen) atoms. The summed E-state index contributed by atoms with van der Waals surface area (Å²) in [5.41, 5.74) is -0.168. The third-order valence-electron chi connectivity index (χ3n) is 2.21. The van der Waals surface area contributed by atoms with Gasteiger partial charge in [0.1, 0.15) is 11.6 Å². The van der Waals surface area contributed by atoms with Crippen LogP contribution in [-0.2, 0) is 4.79 Å². The largest absolute Gasteiger partial charge is 0.497 e. The molecule has 0 saturated carbocycles. The number of carboxylic acids is 1. The number of anilines is 1. The number of aliphatic carboxylic acids is 1. The van der Waals surface area contributed by atoms with Crippen LogP contribution < -0.4 is 15.4 Å². The molecule has 0 fully saturated rings. The van der Waals surface area contributed by atoms with Gasteiger partial charge in [-0.15, -0.1) is 0 Å². The fourth-order valence-electron chi connectivity index (χ4n) is 1.23. The van der Waals surface area contributed by atoms with Gasteiger partial charge in [-0.05, 0) is 12.1 Å². The number of amides is 2. The Morgan fingerprint density at radius 1 is 1.47 bits per heavy atom. The lowest BCUT2D eigenvalue weighted by atomic mass is 10.3. The Balaban J connectivity index is 2.73. The summed E-state index contributed by atoms with van der Waals surface area (Å²) in [6.45, 7) is -0.774. The van der Waals surface area contributed by atoms with Gasteiger partial charge in [-0.3, -0.25) is 0 Å². The van der Waals surface area contributed by atoms with E-state index < -0.39 is 30.5 Å². The van der Waals surface area contributed by atoms with Crippen LogP contribution >= 0.6 is 0 Å². The van der Waals surface area contributed by atoms with Crippen LogP contribution in [0.2, 0.25) is 0 Å². The molecule has 0 saturated heterocycles. The zero-order valence-corrected chi connectivity index (χ0v) is 10.0. The molecule has 1 aromatic carbocycles. The molecule has 1 rings (SSSR count). The van der Waals surface area contributed by atoms with Crippen molar-refractivity contribution < 1.29 is 28.9 Å². The molecule has 2 amide bonds. The molecule has 0 aromatic heterocycles. The number of nitrogens with one attached hydrogen (secondary N) is 2. The number of urea groups is 1. The summed E-state index contributed by atoms with van der Waals surface area (Å²) in [7, 11) is 1.38. The zero-order chi connectivity index (χ0) is 14.4. The van der Waals surface area contributed by atoms with Crippen LogP contribution in [0.25, 0.3) is 0 Å². The smallest absolute Gasteiger partial charge is 0.328 e. The number of hydrogen-bond acceptors (Lipinski definition) is 4. The van der Waals surface area contributed by atoms with Crippen LogP contribution in [0.4, 0.5) is 14.9 Å². The van der Waals surface area contributed by atoms with Crippen LogP contribution in [0.5, 0.6) is 5.75 Å². The van der Waals surface area contributed by atoms with Gasteiger partial charge in [0.05, 0.1) is 19.4 Å². The maximum absolute atomic E-state index is 13.4. The number of aliphatic hydroxyl groups is 1. The van der Waals surface area contributed by atoms with Gasteiger partial charge in [-0.2, -0.15) is 0 Å². The van der Waals surface area contributed by atoms with Gasteiger partial charge in [-0.1, -0.05) is 0 Å². The third-order valence-corrected chi connectivity index (χ3v) is 2.21. The minimum atomic E-state index is -1.46. The fraction of sp³-hybridized carbons (Fsp3) is 0.273. The van der Waals surface area contributed by atoms with Crippen molar-refractivity contribution in [3.05, 3.63) is 24.0 Å². The average Bonchev–Trinajstić information content (AvgIpc) is 2.38. The normalized spacial score (nSPS) is 11.5. The summed E-state index contributed by atoms with van der Waals surface area (Å²) in [6.07, 6.45) is 0. The van der Waals surface area contributed by atoms with Gasteiger partial charge >= 0.3 is 12.0 Å². The Bertz CT molecular complexity index is 480. The molecule has 0 aliphatic heterocycles. The molecule has 0 unspecified atom stereocenters. The number of methoxy groups -OCH3 is 1. The van der Waals surface area contributed by atoms with Crippen molar-refractivity contribution in [1.82, 2.24) is 5.32 Å². The second-order valence-corrected chi connectivity index (χ2v) is 3.52. The number of halogens is 1. The Morgan fingerprint density at radius 2 is 2.16 bits per heavy atom. The standard InChI is InChI=1S/C11H13FN2O5/c1-19-6-2-3-7(12)8(4-6)13-11(18)14-9(5-15)10(16)17/h2-4,9,15H,5H2,1H3,(H,16,17)(H2,13,14,18)/t9-/m0/s1. The van der Waals surface area contributed by atoms with E-state index >= 15 is 0 Å². The van der Waals surface area contributed by atoms with Gasteiger partial charge in [0, 0.05) is 6.07 Å². The molecule has 0 bridgehead atoms. The molecule has 0 aliphatic carbocycles. The van der Waals surface area contributed by atoms with E-state index in [1.807, 2.05) is 5.32 Å². The van der Waals surface area contributed by atoms with Crippen LogP contribution in [0, 0.1) is 5.82 Å². The van der Waals surface area contributed by atoms with Gasteiger partial charge in [-0.25, -0.2) is 14.0 Å². The van der Waals surface area contributed by atoms with E-state index in [0.717, 1.165) is 6.07 Å². The number of aliphatic hydroxyl groups excluding tert-OH is 1.